The molecular weight excluding hydrogens is 171 g/mol. The summed E-state index contributed by atoms with van der Waals surface area (Å²) in [6, 6.07) is 5.94. The SMILES string of the molecule is COP(O)c1ccc(C)cc1C. The molecule has 0 radical (unpaired) electrons. The molecule has 1 aromatic carbocycles. The van der Waals surface area contributed by atoms with Crippen molar-refractivity contribution >= 4 is 13.7 Å². The van der Waals surface area contributed by atoms with Gasteiger partial charge in [0.1, 0.15) is 0 Å². The van der Waals surface area contributed by atoms with Crippen molar-refractivity contribution in [3.63, 3.8) is 0 Å². The first-order valence-electron chi connectivity index (χ1n) is 3.75. The van der Waals surface area contributed by atoms with Crippen molar-refractivity contribution in [3.8, 4) is 0 Å². The van der Waals surface area contributed by atoms with Crippen LogP contribution < -0.4 is 5.30 Å². The third-order valence-electron chi connectivity index (χ3n) is 1.73. The molecule has 0 saturated carbocycles. The molecule has 0 aliphatic rings. The molecule has 1 aromatic rings. The van der Waals surface area contributed by atoms with E-state index in [9.17, 15) is 4.89 Å². The second-order valence-corrected chi connectivity index (χ2v) is 4.14. The van der Waals surface area contributed by atoms with Crippen LogP contribution in [0.1, 0.15) is 11.1 Å². The van der Waals surface area contributed by atoms with Gasteiger partial charge in [0.25, 0.3) is 0 Å². The fourth-order valence-corrected chi connectivity index (χ4v) is 1.88. The minimum absolute atomic E-state index is 0.901. The van der Waals surface area contributed by atoms with Crippen LogP contribution in [0.2, 0.25) is 0 Å². The molecule has 66 valence electrons. The highest BCUT2D eigenvalue weighted by molar-refractivity contribution is 7.55. The van der Waals surface area contributed by atoms with Crippen molar-refractivity contribution in [2.45, 2.75) is 13.8 Å². The zero-order valence-electron chi connectivity index (χ0n) is 7.53. The third-order valence-corrected chi connectivity index (χ3v) is 2.99. The highest BCUT2D eigenvalue weighted by Crippen LogP contribution is 2.30. The summed E-state index contributed by atoms with van der Waals surface area (Å²) in [5.74, 6) is 0. The Morgan fingerprint density at radius 3 is 2.50 bits per heavy atom. The molecule has 0 saturated heterocycles. The topological polar surface area (TPSA) is 29.5 Å². The summed E-state index contributed by atoms with van der Waals surface area (Å²) < 4.78 is 4.88. The monoisotopic (exact) mass is 184 g/mol. The lowest BCUT2D eigenvalue weighted by Crippen LogP contribution is -2.05. The summed E-state index contributed by atoms with van der Waals surface area (Å²) in [5.41, 5.74) is 2.29. The van der Waals surface area contributed by atoms with Gasteiger partial charge in [-0.05, 0) is 25.5 Å². The first-order valence-corrected chi connectivity index (χ1v) is 4.96. The maximum absolute atomic E-state index is 9.44. The van der Waals surface area contributed by atoms with E-state index < -0.39 is 8.38 Å². The molecule has 12 heavy (non-hydrogen) atoms. The molecule has 1 N–H and O–H groups in total. The van der Waals surface area contributed by atoms with Crippen LogP contribution in [0.3, 0.4) is 0 Å². The number of aryl methyl sites for hydroxylation is 2. The molecule has 0 bridgehead atoms. The van der Waals surface area contributed by atoms with Gasteiger partial charge < -0.3 is 9.42 Å². The lowest BCUT2D eigenvalue weighted by Gasteiger charge is -2.10. The average Bonchev–Trinajstić information content (AvgIpc) is 2.03. The van der Waals surface area contributed by atoms with Gasteiger partial charge in [-0.25, -0.2) is 0 Å². The van der Waals surface area contributed by atoms with Crippen LogP contribution in [0.15, 0.2) is 18.2 Å². The molecule has 0 fully saturated rings. The molecule has 1 atom stereocenters. The Kier molecular flexibility index (Phi) is 3.21. The molecule has 1 rings (SSSR count). The van der Waals surface area contributed by atoms with Crippen LogP contribution >= 0.6 is 8.38 Å². The Bertz CT molecular complexity index is 273. The van der Waals surface area contributed by atoms with Gasteiger partial charge in [0, 0.05) is 12.4 Å². The molecule has 0 aliphatic heterocycles. The molecular formula is C9H13O2P. The van der Waals surface area contributed by atoms with Gasteiger partial charge in [-0.3, -0.25) is 0 Å². The number of hydrogen-bond donors (Lipinski definition) is 1. The summed E-state index contributed by atoms with van der Waals surface area (Å²) >= 11 is 0. The maximum atomic E-state index is 9.44. The molecule has 0 amide bonds. The summed E-state index contributed by atoms with van der Waals surface area (Å²) in [6.45, 7) is 4.01. The van der Waals surface area contributed by atoms with E-state index in [1.807, 2.05) is 32.0 Å². The third kappa shape index (κ3) is 2.04. The second kappa shape index (κ2) is 3.99. The number of rotatable bonds is 2. The first kappa shape index (κ1) is 9.66. The van der Waals surface area contributed by atoms with Crippen LogP contribution in [0, 0.1) is 13.8 Å². The van der Waals surface area contributed by atoms with Crippen molar-refractivity contribution in [1.82, 2.24) is 0 Å². The normalized spacial score (nSPS) is 13.0. The van der Waals surface area contributed by atoms with Crippen molar-refractivity contribution in [2.24, 2.45) is 0 Å². The molecule has 0 heterocycles. The van der Waals surface area contributed by atoms with E-state index in [2.05, 4.69) is 0 Å². The Balaban J connectivity index is 3.01. The van der Waals surface area contributed by atoms with Gasteiger partial charge in [-0.2, -0.15) is 0 Å². The van der Waals surface area contributed by atoms with Crippen molar-refractivity contribution in [1.29, 1.82) is 0 Å². The predicted molar refractivity (Wildman–Crippen MR) is 51.7 cm³/mol. The van der Waals surface area contributed by atoms with Gasteiger partial charge in [0.15, 0.2) is 0 Å². The zero-order chi connectivity index (χ0) is 9.14. The van der Waals surface area contributed by atoms with Crippen molar-refractivity contribution in [2.75, 3.05) is 7.11 Å². The smallest absolute Gasteiger partial charge is 0.202 e. The zero-order valence-corrected chi connectivity index (χ0v) is 8.43. The van der Waals surface area contributed by atoms with Crippen LogP contribution in [0.5, 0.6) is 0 Å². The lowest BCUT2D eigenvalue weighted by molar-refractivity contribution is 0.400. The van der Waals surface area contributed by atoms with E-state index in [0.29, 0.717) is 0 Å². The van der Waals surface area contributed by atoms with E-state index in [4.69, 9.17) is 4.52 Å². The van der Waals surface area contributed by atoms with Gasteiger partial charge in [0.2, 0.25) is 8.38 Å². The summed E-state index contributed by atoms with van der Waals surface area (Å²) in [5, 5.41) is 0.901. The largest absolute Gasteiger partial charge is 0.346 e. The Morgan fingerprint density at radius 1 is 1.33 bits per heavy atom. The fraction of sp³-hybridized carbons (Fsp3) is 0.333. The molecule has 2 nitrogen and oxygen atoms in total. The van der Waals surface area contributed by atoms with Crippen LogP contribution in [0.25, 0.3) is 0 Å². The van der Waals surface area contributed by atoms with E-state index in [-0.39, 0.29) is 0 Å². The number of hydrogen-bond acceptors (Lipinski definition) is 2. The van der Waals surface area contributed by atoms with Gasteiger partial charge in [-0.15, -0.1) is 0 Å². The van der Waals surface area contributed by atoms with Crippen molar-refractivity contribution in [3.05, 3.63) is 29.3 Å². The highest BCUT2D eigenvalue weighted by Gasteiger charge is 2.09. The highest BCUT2D eigenvalue weighted by atomic mass is 31.2. The molecule has 3 heteroatoms. The van der Waals surface area contributed by atoms with E-state index in [1.54, 1.807) is 0 Å². The fourth-order valence-electron chi connectivity index (χ4n) is 1.12. The Morgan fingerprint density at radius 2 is 2.00 bits per heavy atom. The summed E-state index contributed by atoms with van der Waals surface area (Å²) in [4.78, 5) is 9.44. The quantitative estimate of drug-likeness (QED) is 0.711. The number of benzene rings is 1. The summed E-state index contributed by atoms with van der Waals surface area (Å²) in [6.07, 6.45) is 0. The second-order valence-electron chi connectivity index (χ2n) is 2.75. The average molecular weight is 184 g/mol. The molecule has 0 aliphatic carbocycles. The van der Waals surface area contributed by atoms with Gasteiger partial charge in [0.05, 0.1) is 0 Å². The predicted octanol–water partition coefficient (Wildman–Crippen LogP) is 1.88. The minimum atomic E-state index is -1.41. The van der Waals surface area contributed by atoms with E-state index in [1.165, 1.54) is 12.7 Å². The standard InChI is InChI=1S/C9H13O2P/c1-7-4-5-9(8(2)6-7)12(10)11-3/h4-6,10H,1-3H3. The molecule has 0 aromatic heterocycles. The summed E-state index contributed by atoms with van der Waals surface area (Å²) in [7, 11) is 0.112. The van der Waals surface area contributed by atoms with Crippen molar-refractivity contribution < 1.29 is 9.42 Å². The minimum Gasteiger partial charge on any atom is -0.346 e. The van der Waals surface area contributed by atoms with Crippen LogP contribution in [-0.4, -0.2) is 12.0 Å². The Hall–Kier alpha value is -0.430. The van der Waals surface area contributed by atoms with Crippen LogP contribution in [-0.2, 0) is 4.52 Å². The Labute approximate surface area is 74.1 Å². The van der Waals surface area contributed by atoms with E-state index in [0.717, 1.165) is 10.9 Å². The van der Waals surface area contributed by atoms with E-state index >= 15 is 0 Å². The van der Waals surface area contributed by atoms with Gasteiger partial charge in [-0.1, -0.05) is 17.7 Å². The first-order chi connectivity index (χ1) is 5.65. The maximum Gasteiger partial charge on any atom is 0.202 e. The molecule has 1 unspecified atom stereocenters. The molecule has 0 spiro atoms. The lowest BCUT2D eigenvalue weighted by atomic mass is 10.2. The van der Waals surface area contributed by atoms with Gasteiger partial charge >= 0.3 is 0 Å². The van der Waals surface area contributed by atoms with Crippen LogP contribution in [0.4, 0.5) is 0 Å².